The van der Waals surface area contributed by atoms with Crippen molar-refractivity contribution in [3.63, 3.8) is 0 Å². The van der Waals surface area contributed by atoms with Gasteiger partial charge in [0.2, 0.25) is 0 Å². The molecule has 0 N–H and O–H groups in total. The molecular weight excluding hydrogens is 260 g/mol. The molecule has 21 heavy (non-hydrogen) atoms. The van der Waals surface area contributed by atoms with Gasteiger partial charge in [-0.25, -0.2) is 0 Å². The van der Waals surface area contributed by atoms with Gasteiger partial charge in [0.15, 0.2) is 0 Å². The van der Waals surface area contributed by atoms with Crippen molar-refractivity contribution >= 4 is 11.3 Å². The molecule has 0 aromatic heterocycles. The Bertz CT molecular complexity index is 754. The highest BCUT2D eigenvalue weighted by atomic mass is 16.5. The maximum absolute atomic E-state index is 6.12. The predicted octanol–water partition coefficient (Wildman–Crippen LogP) is 4.64. The summed E-state index contributed by atoms with van der Waals surface area (Å²) >= 11 is 0. The standard InChI is InChI=1S/C19H16O2/c1-13-18(14-7-3-2-4-8-14)16-11-12-20-19(16)15-9-5-6-10-17(15)21-13/h2-10H,11-12H2,1H3. The summed E-state index contributed by atoms with van der Waals surface area (Å²) in [6, 6.07) is 18.5. The Hall–Kier alpha value is -2.48. The molecule has 104 valence electrons. The summed E-state index contributed by atoms with van der Waals surface area (Å²) in [7, 11) is 0. The van der Waals surface area contributed by atoms with Gasteiger partial charge in [-0.05, 0) is 24.6 Å². The molecule has 0 spiro atoms. The van der Waals surface area contributed by atoms with E-state index in [2.05, 4.69) is 30.3 Å². The van der Waals surface area contributed by atoms with Crippen molar-refractivity contribution in [2.75, 3.05) is 6.61 Å². The molecule has 2 nitrogen and oxygen atoms in total. The van der Waals surface area contributed by atoms with Crippen molar-refractivity contribution in [1.82, 2.24) is 0 Å². The molecule has 2 aromatic carbocycles. The molecule has 0 fully saturated rings. The third kappa shape index (κ3) is 1.95. The summed E-state index contributed by atoms with van der Waals surface area (Å²) in [5.74, 6) is 2.78. The summed E-state index contributed by atoms with van der Waals surface area (Å²) in [6.07, 6.45) is 0.925. The van der Waals surface area contributed by atoms with Gasteiger partial charge in [0.1, 0.15) is 17.3 Å². The molecule has 2 heterocycles. The lowest BCUT2D eigenvalue weighted by Gasteiger charge is -2.12. The normalized spacial score (nSPS) is 16.8. The second kappa shape index (κ2) is 4.81. The zero-order chi connectivity index (χ0) is 14.2. The van der Waals surface area contributed by atoms with E-state index in [4.69, 9.17) is 9.47 Å². The monoisotopic (exact) mass is 276 g/mol. The third-order valence-electron chi connectivity index (χ3n) is 3.98. The van der Waals surface area contributed by atoms with Crippen molar-refractivity contribution in [3.8, 4) is 5.75 Å². The summed E-state index contributed by atoms with van der Waals surface area (Å²) in [4.78, 5) is 0. The van der Waals surface area contributed by atoms with Gasteiger partial charge in [0.25, 0.3) is 0 Å². The second-order valence-electron chi connectivity index (χ2n) is 5.30. The molecular formula is C19H16O2. The first-order chi connectivity index (χ1) is 10.3. The number of allylic oxidation sites excluding steroid dienone is 2. The lowest BCUT2D eigenvalue weighted by molar-refractivity contribution is 0.305. The van der Waals surface area contributed by atoms with E-state index in [0.717, 1.165) is 35.9 Å². The maximum atomic E-state index is 6.12. The third-order valence-corrected chi connectivity index (χ3v) is 3.98. The lowest BCUT2D eigenvalue weighted by atomic mass is 9.93. The molecule has 0 atom stereocenters. The van der Waals surface area contributed by atoms with Gasteiger partial charge < -0.3 is 9.47 Å². The molecule has 2 aliphatic heterocycles. The van der Waals surface area contributed by atoms with Gasteiger partial charge in [-0.2, -0.15) is 0 Å². The summed E-state index contributed by atoms with van der Waals surface area (Å²) < 4.78 is 12.0. The van der Waals surface area contributed by atoms with Crippen LogP contribution in [-0.2, 0) is 4.74 Å². The van der Waals surface area contributed by atoms with Crippen molar-refractivity contribution < 1.29 is 9.47 Å². The topological polar surface area (TPSA) is 18.5 Å². The summed E-state index contributed by atoms with van der Waals surface area (Å²) in [5, 5.41) is 0. The molecule has 0 unspecified atom stereocenters. The molecule has 4 rings (SSSR count). The Kier molecular flexibility index (Phi) is 2.81. The van der Waals surface area contributed by atoms with Crippen LogP contribution in [0.4, 0.5) is 0 Å². The van der Waals surface area contributed by atoms with Gasteiger partial charge in [-0.15, -0.1) is 0 Å². The molecule has 2 heteroatoms. The van der Waals surface area contributed by atoms with Crippen LogP contribution in [0.5, 0.6) is 5.75 Å². The first-order valence-electron chi connectivity index (χ1n) is 7.24. The number of ether oxygens (including phenoxy) is 2. The Morgan fingerprint density at radius 3 is 2.52 bits per heavy atom. The molecule has 0 amide bonds. The van der Waals surface area contributed by atoms with Gasteiger partial charge in [-0.3, -0.25) is 0 Å². The van der Waals surface area contributed by atoms with Crippen LogP contribution in [-0.4, -0.2) is 6.61 Å². The molecule has 0 bridgehead atoms. The number of benzene rings is 2. The average Bonchev–Trinajstić information content (AvgIpc) is 2.94. The predicted molar refractivity (Wildman–Crippen MR) is 83.6 cm³/mol. The van der Waals surface area contributed by atoms with Crippen LogP contribution in [0.2, 0.25) is 0 Å². The average molecular weight is 276 g/mol. The van der Waals surface area contributed by atoms with Crippen molar-refractivity contribution in [2.45, 2.75) is 13.3 Å². The van der Waals surface area contributed by atoms with Crippen molar-refractivity contribution in [2.24, 2.45) is 0 Å². The molecule has 0 saturated carbocycles. The lowest BCUT2D eigenvalue weighted by Crippen LogP contribution is -1.98. The molecule has 0 radical (unpaired) electrons. The van der Waals surface area contributed by atoms with E-state index in [1.54, 1.807) is 0 Å². The van der Waals surface area contributed by atoms with Crippen LogP contribution in [0.25, 0.3) is 11.3 Å². The number of fused-ring (bicyclic) bond motifs is 2. The Morgan fingerprint density at radius 1 is 0.905 bits per heavy atom. The highest BCUT2D eigenvalue weighted by molar-refractivity contribution is 5.91. The van der Waals surface area contributed by atoms with Gasteiger partial charge in [-0.1, -0.05) is 42.5 Å². The van der Waals surface area contributed by atoms with E-state index >= 15 is 0 Å². The first-order valence-corrected chi connectivity index (χ1v) is 7.24. The number of hydrogen-bond acceptors (Lipinski definition) is 2. The van der Waals surface area contributed by atoms with Crippen LogP contribution < -0.4 is 4.74 Å². The molecule has 2 aromatic rings. The van der Waals surface area contributed by atoms with Crippen LogP contribution in [0, 0.1) is 0 Å². The number of hydrogen-bond donors (Lipinski definition) is 0. The van der Waals surface area contributed by atoms with Crippen LogP contribution in [0.1, 0.15) is 24.5 Å². The van der Waals surface area contributed by atoms with Gasteiger partial charge >= 0.3 is 0 Å². The van der Waals surface area contributed by atoms with E-state index in [1.165, 1.54) is 16.7 Å². The Labute approximate surface area is 124 Å². The molecule has 0 saturated heterocycles. The van der Waals surface area contributed by atoms with Crippen LogP contribution in [0.3, 0.4) is 0 Å². The minimum atomic E-state index is 0.739. The van der Waals surface area contributed by atoms with Crippen LogP contribution in [0.15, 0.2) is 65.9 Å². The molecule has 2 aliphatic rings. The minimum absolute atomic E-state index is 0.739. The smallest absolute Gasteiger partial charge is 0.137 e. The largest absolute Gasteiger partial charge is 0.492 e. The highest BCUT2D eigenvalue weighted by Gasteiger charge is 2.28. The van der Waals surface area contributed by atoms with Crippen LogP contribution >= 0.6 is 0 Å². The first kappa shape index (κ1) is 12.3. The minimum Gasteiger partial charge on any atom is -0.492 e. The van der Waals surface area contributed by atoms with Gasteiger partial charge in [0, 0.05) is 17.6 Å². The highest BCUT2D eigenvalue weighted by Crippen LogP contribution is 2.44. The fraction of sp³-hybridized carbons (Fsp3) is 0.158. The SMILES string of the molecule is CC1=C(c2ccccc2)C2=C(OCC2)c2ccccc2O1. The maximum Gasteiger partial charge on any atom is 0.137 e. The Balaban J connectivity index is 1.98. The fourth-order valence-corrected chi connectivity index (χ4v) is 3.09. The van der Waals surface area contributed by atoms with E-state index in [-0.39, 0.29) is 0 Å². The summed E-state index contributed by atoms with van der Waals surface area (Å²) in [5.41, 5.74) is 4.65. The second-order valence-corrected chi connectivity index (χ2v) is 5.30. The summed E-state index contributed by atoms with van der Waals surface area (Å²) in [6.45, 7) is 2.77. The van der Waals surface area contributed by atoms with E-state index < -0.39 is 0 Å². The van der Waals surface area contributed by atoms with E-state index in [1.807, 2.05) is 31.2 Å². The number of para-hydroxylation sites is 1. The zero-order valence-electron chi connectivity index (χ0n) is 11.9. The van der Waals surface area contributed by atoms with E-state index in [0.29, 0.717) is 0 Å². The molecule has 0 aliphatic carbocycles. The van der Waals surface area contributed by atoms with E-state index in [9.17, 15) is 0 Å². The zero-order valence-corrected chi connectivity index (χ0v) is 11.9. The fourth-order valence-electron chi connectivity index (χ4n) is 3.09. The number of rotatable bonds is 1. The van der Waals surface area contributed by atoms with Crippen molar-refractivity contribution in [1.29, 1.82) is 0 Å². The quantitative estimate of drug-likeness (QED) is 0.755. The Morgan fingerprint density at radius 2 is 1.67 bits per heavy atom. The van der Waals surface area contributed by atoms with Gasteiger partial charge in [0.05, 0.1) is 12.2 Å². The van der Waals surface area contributed by atoms with Crippen molar-refractivity contribution in [3.05, 3.63) is 77.1 Å².